The van der Waals surface area contributed by atoms with Crippen molar-refractivity contribution in [2.45, 2.75) is 25.3 Å². The molecule has 1 aromatic heterocycles. The quantitative estimate of drug-likeness (QED) is 0.877. The van der Waals surface area contributed by atoms with Gasteiger partial charge >= 0.3 is 0 Å². The topological polar surface area (TPSA) is 54.6 Å². The van der Waals surface area contributed by atoms with Crippen LogP contribution in [0.15, 0.2) is 35.5 Å². The molecule has 0 fully saturated rings. The van der Waals surface area contributed by atoms with Crippen molar-refractivity contribution in [2.75, 3.05) is 7.11 Å². The van der Waals surface area contributed by atoms with Crippen molar-refractivity contribution >= 4 is 11.5 Å². The lowest BCUT2D eigenvalue weighted by atomic mass is 9.81. The molecule has 0 saturated carbocycles. The summed E-state index contributed by atoms with van der Waals surface area (Å²) in [6.45, 7) is 9.63. The lowest BCUT2D eigenvalue weighted by Crippen LogP contribution is -2.28. The van der Waals surface area contributed by atoms with Gasteiger partial charge in [-0.1, -0.05) is 25.1 Å². The first-order chi connectivity index (χ1) is 10.3. The zero-order valence-electron chi connectivity index (χ0n) is 12.0. The first-order valence-corrected chi connectivity index (χ1v) is 6.90. The van der Waals surface area contributed by atoms with E-state index in [0.717, 1.165) is 34.8 Å². The van der Waals surface area contributed by atoms with Crippen LogP contribution in [0.5, 0.6) is 5.75 Å². The predicted molar refractivity (Wildman–Crippen MR) is 81.2 cm³/mol. The van der Waals surface area contributed by atoms with Crippen LogP contribution in [0.4, 0.5) is 5.82 Å². The lowest BCUT2D eigenvalue weighted by molar-refractivity contribution is 0.407. The van der Waals surface area contributed by atoms with Crippen molar-refractivity contribution in [3.8, 4) is 5.75 Å². The van der Waals surface area contributed by atoms with Crippen LogP contribution in [-0.4, -0.2) is 29.1 Å². The van der Waals surface area contributed by atoms with Gasteiger partial charge in [-0.15, -0.1) is 0 Å². The van der Waals surface area contributed by atoms with E-state index in [1.54, 1.807) is 13.3 Å². The molecule has 1 N–H and O–H groups in total. The van der Waals surface area contributed by atoms with Crippen LogP contribution < -0.4 is 4.74 Å². The van der Waals surface area contributed by atoms with Crippen molar-refractivity contribution in [1.82, 2.24) is 10.2 Å². The average molecular weight is 280 g/mol. The number of fused-ring (bicyclic) bond motifs is 1. The molecule has 0 amide bonds. The summed E-state index contributed by atoms with van der Waals surface area (Å²) in [5.41, 5.74) is 2.85. The van der Waals surface area contributed by atoms with Crippen LogP contribution >= 0.6 is 0 Å². The van der Waals surface area contributed by atoms with Crippen LogP contribution in [0.1, 0.15) is 30.4 Å². The minimum atomic E-state index is -0.309. The minimum Gasteiger partial charge on any atom is -0.496 e. The molecule has 2 heterocycles. The monoisotopic (exact) mass is 280 g/mol. The molecule has 2 atom stereocenters. The van der Waals surface area contributed by atoms with E-state index in [1.807, 2.05) is 31.2 Å². The second kappa shape index (κ2) is 5.41. The number of nitrogens with one attached hydrogen (secondary N) is 1. The minimum absolute atomic E-state index is 0.0974. The zero-order chi connectivity index (χ0) is 14.8. The van der Waals surface area contributed by atoms with Gasteiger partial charge in [-0.25, -0.2) is 11.6 Å². The molecule has 0 aliphatic carbocycles. The summed E-state index contributed by atoms with van der Waals surface area (Å²) < 4.78 is 5.48. The normalized spacial score (nSPS) is 20.3. The molecule has 2 aromatic rings. The molecule has 5 heteroatoms. The number of benzene rings is 1. The van der Waals surface area contributed by atoms with E-state index in [-0.39, 0.29) is 12.0 Å². The predicted octanol–water partition coefficient (Wildman–Crippen LogP) is 3.33. The van der Waals surface area contributed by atoms with Gasteiger partial charge in [0.2, 0.25) is 0 Å². The number of rotatable bonds is 3. The molecule has 3 rings (SSSR count). The van der Waals surface area contributed by atoms with Gasteiger partial charge in [0.15, 0.2) is 5.82 Å². The molecule has 5 nitrogen and oxygen atoms in total. The number of aromatic nitrogens is 2. The molecule has 106 valence electrons. The first kappa shape index (κ1) is 13.4. The van der Waals surface area contributed by atoms with Crippen molar-refractivity contribution in [3.05, 3.63) is 53.0 Å². The summed E-state index contributed by atoms with van der Waals surface area (Å²) in [6, 6.07) is 7.53. The number of nitrogens with zero attached hydrogens (tertiary/aromatic N) is 3. The Bertz CT molecular complexity index is 726. The molecule has 1 aromatic carbocycles. The highest BCUT2D eigenvalue weighted by Crippen LogP contribution is 2.42. The maximum atomic E-state index is 7.61. The van der Waals surface area contributed by atoms with Crippen LogP contribution in [0.2, 0.25) is 0 Å². The summed E-state index contributed by atoms with van der Waals surface area (Å²) in [5, 5.41) is 7.02. The van der Waals surface area contributed by atoms with E-state index in [2.05, 4.69) is 20.0 Å². The van der Waals surface area contributed by atoms with Gasteiger partial charge in [-0.2, -0.15) is 5.10 Å². The van der Waals surface area contributed by atoms with Crippen LogP contribution in [0.3, 0.4) is 0 Å². The SMILES string of the molecule is [C-]#[N+]C1C(CC)=Nc2[nH]ncc2C1c1ccccc1OC. The van der Waals surface area contributed by atoms with Gasteiger partial charge in [0.1, 0.15) is 11.5 Å². The molecule has 1 aliphatic rings. The Morgan fingerprint density at radius 2 is 2.14 bits per heavy atom. The summed E-state index contributed by atoms with van der Waals surface area (Å²) >= 11 is 0. The van der Waals surface area contributed by atoms with Gasteiger partial charge in [0.25, 0.3) is 6.04 Å². The van der Waals surface area contributed by atoms with Gasteiger partial charge in [-0.05, 0) is 12.5 Å². The third-order valence-corrected chi connectivity index (χ3v) is 3.87. The highest BCUT2D eigenvalue weighted by Gasteiger charge is 2.40. The average Bonchev–Trinajstić information content (AvgIpc) is 3.00. The summed E-state index contributed by atoms with van der Waals surface area (Å²) in [4.78, 5) is 8.38. The van der Waals surface area contributed by atoms with E-state index < -0.39 is 0 Å². The molecule has 21 heavy (non-hydrogen) atoms. The molecule has 1 aliphatic heterocycles. The van der Waals surface area contributed by atoms with Gasteiger partial charge < -0.3 is 9.58 Å². The van der Waals surface area contributed by atoms with Crippen molar-refractivity contribution in [1.29, 1.82) is 0 Å². The van der Waals surface area contributed by atoms with Crippen molar-refractivity contribution in [3.63, 3.8) is 0 Å². The Kier molecular flexibility index (Phi) is 3.44. The number of ether oxygens (including phenoxy) is 1. The lowest BCUT2D eigenvalue weighted by Gasteiger charge is -2.24. The third kappa shape index (κ3) is 2.09. The van der Waals surface area contributed by atoms with Crippen LogP contribution in [-0.2, 0) is 0 Å². The van der Waals surface area contributed by atoms with Crippen LogP contribution in [0, 0.1) is 6.57 Å². The maximum Gasteiger partial charge on any atom is 0.272 e. The van der Waals surface area contributed by atoms with E-state index in [9.17, 15) is 0 Å². The molecule has 0 spiro atoms. The van der Waals surface area contributed by atoms with Gasteiger partial charge in [0.05, 0.1) is 19.2 Å². The number of H-pyrrole nitrogens is 1. The Hall–Kier alpha value is -2.61. The standard InChI is InChI=1S/C16H16N4O/c1-4-12-15(17-2)14(11-9-18-20-16(11)19-12)10-7-5-6-8-13(10)21-3/h5-9,14-15H,4H2,1,3H3,(H,18,20). The molecular formula is C16H16N4O. The zero-order valence-corrected chi connectivity index (χ0v) is 12.0. The molecule has 2 unspecified atom stereocenters. The molecule has 0 bridgehead atoms. The Labute approximate surface area is 123 Å². The van der Waals surface area contributed by atoms with Crippen molar-refractivity contribution in [2.24, 2.45) is 4.99 Å². The summed E-state index contributed by atoms with van der Waals surface area (Å²) in [7, 11) is 1.65. The fourth-order valence-electron chi connectivity index (χ4n) is 2.88. The van der Waals surface area contributed by atoms with E-state index in [0.29, 0.717) is 0 Å². The largest absolute Gasteiger partial charge is 0.496 e. The fraction of sp³-hybridized carbons (Fsp3) is 0.312. The second-order valence-electron chi connectivity index (χ2n) is 4.92. The van der Waals surface area contributed by atoms with Gasteiger partial charge in [-0.3, -0.25) is 5.10 Å². The number of hydrogen-bond acceptors (Lipinski definition) is 3. The fourth-order valence-corrected chi connectivity index (χ4v) is 2.88. The summed E-state index contributed by atoms with van der Waals surface area (Å²) in [5.74, 6) is 1.45. The first-order valence-electron chi connectivity index (χ1n) is 6.90. The number of hydrogen-bond donors (Lipinski definition) is 1. The number of methoxy groups -OCH3 is 1. The van der Waals surface area contributed by atoms with Crippen LogP contribution in [0.25, 0.3) is 4.85 Å². The molecular weight excluding hydrogens is 264 g/mol. The van der Waals surface area contributed by atoms with E-state index in [4.69, 9.17) is 11.3 Å². The molecule has 0 radical (unpaired) electrons. The maximum absolute atomic E-state index is 7.61. The highest BCUT2D eigenvalue weighted by atomic mass is 16.5. The third-order valence-electron chi connectivity index (χ3n) is 3.87. The Balaban J connectivity index is 2.20. The van der Waals surface area contributed by atoms with Gasteiger partial charge in [0, 0.05) is 11.1 Å². The highest BCUT2D eigenvalue weighted by molar-refractivity contribution is 5.96. The Morgan fingerprint density at radius 3 is 2.86 bits per heavy atom. The van der Waals surface area contributed by atoms with E-state index >= 15 is 0 Å². The number of aliphatic imine (C=N–C) groups is 1. The number of para-hydroxylation sites is 1. The second-order valence-corrected chi connectivity index (χ2v) is 4.92. The Morgan fingerprint density at radius 1 is 1.33 bits per heavy atom. The summed E-state index contributed by atoms with van der Waals surface area (Å²) in [6.07, 6.45) is 2.51. The number of aromatic amines is 1. The molecule has 0 saturated heterocycles. The van der Waals surface area contributed by atoms with E-state index in [1.165, 1.54) is 0 Å². The van der Waals surface area contributed by atoms with Crippen molar-refractivity contribution < 1.29 is 4.74 Å². The smallest absolute Gasteiger partial charge is 0.272 e.